The van der Waals surface area contributed by atoms with Crippen LogP contribution in [0.1, 0.15) is 42.0 Å². The third-order valence-corrected chi connectivity index (χ3v) is 7.28. The zero-order valence-corrected chi connectivity index (χ0v) is 20.2. The van der Waals surface area contributed by atoms with Gasteiger partial charge >= 0.3 is 5.97 Å². The van der Waals surface area contributed by atoms with E-state index in [4.69, 9.17) is 23.9 Å². The molecule has 3 aliphatic rings. The van der Waals surface area contributed by atoms with E-state index >= 15 is 0 Å². The van der Waals surface area contributed by atoms with E-state index in [1.54, 1.807) is 17.6 Å². The summed E-state index contributed by atoms with van der Waals surface area (Å²) in [7, 11) is 0. The minimum atomic E-state index is -1.89. The van der Waals surface area contributed by atoms with E-state index in [2.05, 4.69) is 5.32 Å². The first kappa shape index (κ1) is 23.4. The lowest BCUT2D eigenvalue weighted by Crippen LogP contribution is -2.44. The van der Waals surface area contributed by atoms with Crippen LogP contribution in [0.5, 0.6) is 11.5 Å². The van der Waals surface area contributed by atoms with Crippen LogP contribution in [0, 0.1) is 0 Å². The van der Waals surface area contributed by atoms with Crippen molar-refractivity contribution in [3.8, 4) is 22.9 Å². The Hall–Kier alpha value is -3.96. The molecule has 0 spiro atoms. The maximum Gasteiger partial charge on any atom is 0.343 e. The number of aryl methyl sites for hydroxylation is 1. The van der Waals surface area contributed by atoms with Crippen LogP contribution in [-0.2, 0) is 44.2 Å². The van der Waals surface area contributed by atoms with Gasteiger partial charge in [-0.15, -0.1) is 0 Å². The Bertz CT molecular complexity index is 1510. The summed E-state index contributed by atoms with van der Waals surface area (Å²) in [5, 5.41) is 14.5. The monoisotopic (exact) mass is 507 g/mol. The van der Waals surface area contributed by atoms with Gasteiger partial charge in [-0.05, 0) is 37.0 Å². The summed E-state index contributed by atoms with van der Waals surface area (Å²) < 4.78 is 23.4. The smallest absolute Gasteiger partial charge is 0.343 e. The maximum atomic E-state index is 13.6. The summed E-state index contributed by atoms with van der Waals surface area (Å²) in [6.07, 6.45) is 1.96. The van der Waals surface area contributed by atoms with Gasteiger partial charge in [-0.2, -0.15) is 0 Å². The molecule has 1 aromatic carbocycles. The predicted octanol–water partition coefficient (Wildman–Crippen LogP) is 1.46. The quantitative estimate of drug-likeness (QED) is 0.157. The van der Waals surface area contributed by atoms with E-state index < -0.39 is 11.6 Å². The fraction of sp³-hybridized carbons (Fsp3) is 0.385. The van der Waals surface area contributed by atoms with Crippen molar-refractivity contribution >= 4 is 23.3 Å². The van der Waals surface area contributed by atoms with Crippen molar-refractivity contribution < 1.29 is 33.6 Å². The Morgan fingerprint density at radius 3 is 2.78 bits per heavy atom. The van der Waals surface area contributed by atoms with Crippen LogP contribution in [-0.4, -0.2) is 47.2 Å². The minimum Gasteiger partial charge on any atom is -0.458 e. The Balaban J connectivity index is 1.49. The first-order valence-electron chi connectivity index (χ1n) is 12.1. The van der Waals surface area contributed by atoms with Crippen LogP contribution in [0.15, 0.2) is 23.0 Å². The molecule has 11 heteroatoms. The Labute approximate surface area is 210 Å². The van der Waals surface area contributed by atoms with Gasteiger partial charge in [0, 0.05) is 29.2 Å². The highest BCUT2D eigenvalue weighted by Crippen LogP contribution is 2.43. The molecule has 2 aromatic heterocycles. The molecule has 3 aromatic rings. The predicted molar refractivity (Wildman–Crippen MR) is 129 cm³/mol. The molecule has 0 saturated carbocycles. The molecule has 0 aliphatic carbocycles. The highest BCUT2D eigenvalue weighted by molar-refractivity contribution is 5.91. The molecule has 3 aliphatic heterocycles. The molecule has 0 saturated heterocycles. The lowest BCUT2D eigenvalue weighted by molar-refractivity contribution is -0.172. The van der Waals surface area contributed by atoms with Gasteiger partial charge in [-0.3, -0.25) is 9.59 Å². The molecule has 5 heterocycles. The van der Waals surface area contributed by atoms with Crippen molar-refractivity contribution in [2.75, 3.05) is 20.1 Å². The molecule has 0 bridgehead atoms. The fourth-order valence-electron chi connectivity index (χ4n) is 5.35. The number of aromatic nitrogens is 2. The van der Waals surface area contributed by atoms with Crippen LogP contribution in [0.4, 0.5) is 0 Å². The van der Waals surface area contributed by atoms with Gasteiger partial charge in [0.1, 0.15) is 13.3 Å². The number of hydrogen-bond donors (Lipinski definition) is 2. The summed E-state index contributed by atoms with van der Waals surface area (Å²) in [5.74, 6) is 0.473. The van der Waals surface area contributed by atoms with Crippen LogP contribution in [0.2, 0.25) is 0 Å². The van der Waals surface area contributed by atoms with Crippen LogP contribution >= 0.6 is 0 Å². The molecule has 0 radical (unpaired) electrons. The molecular weight excluding hydrogens is 482 g/mol. The van der Waals surface area contributed by atoms with Crippen LogP contribution in [0.25, 0.3) is 22.3 Å². The fourth-order valence-corrected chi connectivity index (χ4v) is 5.35. The molecule has 1 atom stereocenters. The summed E-state index contributed by atoms with van der Waals surface area (Å²) in [4.78, 5) is 41.4. The second kappa shape index (κ2) is 8.86. The number of aliphatic hydroxyl groups is 1. The summed E-state index contributed by atoms with van der Waals surface area (Å²) in [6.45, 7) is 2.49. The first-order chi connectivity index (χ1) is 18.0. The summed E-state index contributed by atoms with van der Waals surface area (Å²) in [5.41, 5.74) is 2.12. The number of nitrogens with one attached hydrogen (secondary N) is 1. The molecular formula is C26H25N3O8. The number of carbonyl (C=O) groups excluding carboxylic acids is 2. The van der Waals surface area contributed by atoms with Crippen molar-refractivity contribution in [2.24, 2.45) is 0 Å². The van der Waals surface area contributed by atoms with E-state index in [1.807, 2.05) is 12.1 Å². The Morgan fingerprint density at radius 1 is 1.19 bits per heavy atom. The topological polar surface area (TPSA) is 138 Å². The van der Waals surface area contributed by atoms with E-state index in [0.29, 0.717) is 60.8 Å². The van der Waals surface area contributed by atoms with E-state index in [0.717, 1.165) is 16.5 Å². The zero-order valence-electron chi connectivity index (χ0n) is 20.2. The largest absolute Gasteiger partial charge is 0.458 e. The van der Waals surface area contributed by atoms with E-state index in [1.165, 1.54) is 0 Å². The summed E-state index contributed by atoms with van der Waals surface area (Å²) >= 11 is 0. The number of carbonyl (C=O) groups is 2. The molecule has 0 fully saturated rings. The van der Waals surface area contributed by atoms with Gasteiger partial charge in [-0.1, -0.05) is 6.92 Å². The van der Waals surface area contributed by atoms with Gasteiger partial charge in [-0.25, -0.2) is 9.78 Å². The highest BCUT2D eigenvalue weighted by Gasteiger charge is 2.45. The van der Waals surface area contributed by atoms with Gasteiger partial charge in [0.15, 0.2) is 17.1 Å². The van der Waals surface area contributed by atoms with Crippen molar-refractivity contribution in [3.63, 3.8) is 0 Å². The second-order valence-electron chi connectivity index (χ2n) is 9.22. The SMILES string of the molecule is CC[C@@]1(O)C(=O)OCc2c1cc1n(c2=O)Cc2c-1nc1cc3c(cc1c2CCCOCNC=O)OCO3. The zero-order chi connectivity index (χ0) is 25.7. The molecule has 6 rings (SSSR count). The number of fused-ring (bicyclic) bond motifs is 6. The van der Waals surface area contributed by atoms with Gasteiger partial charge in [0.25, 0.3) is 5.56 Å². The summed E-state index contributed by atoms with van der Waals surface area (Å²) in [6, 6.07) is 5.44. The second-order valence-corrected chi connectivity index (χ2v) is 9.22. The molecule has 2 N–H and O–H groups in total. The maximum absolute atomic E-state index is 13.6. The lowest BCUT2D eigenvalue weighted by Gasteiger charge is -2.31. The van der Waals surface area contributed by atoms with E-state index in [-0.39, 0.29) is 43.2 Å². The first-order valence-corrected chi connectivity index (χ1v) is 12.1. The third kappa shape index (κ3) is 3.57. The number of cyclic esters (lactones) is 1. The number of benzene rings is 1. The molecule has 11 nitrogen and oxygen atoms in total. The van der Waals surface area contributed by atoms with Gasteiger partial charge < -0.3 is 33.9 Å². The molecule has 0 unspecified atom stereocenters. The lowest BCUT2D eigenvalue weighted by atomic mass is 9.86. The Kier molecular flexibility index (Phi) is 5.61. The third-order valence-electron chi connectivity index (χ3n) is 7.28. The number of hydrogen-bond acceptors (Lipinski definition) is 9. The van der Waals surface area contributed by atoms with Crippen molar-refractivity contribution in [1.82, 2.24) is 14.9 Å². The number of ether oxygens (including phenoxy) is 4. The normalized spacial score (nSPS) is 18.8. The average Bonchev–Trinajstić information content (AvgIpc) is 3.51. The van der Waals surface area contributed by atoms with Crippen LogP contribution in [0.3, 0.4) is 0 Å². The Morgan fingerprint density at radius 2 is 2.00 bits per heavy atom. The van der Waals surface area contributed by atoms with Gasteiger partial charge in [0.2, 0.25) is 13.2 Å². The standard InChI is InChI=1S/C26H25N3O8/c1-2-26(33)18-7-20-23-16(9-29(20)24(31)17(18)10-35-25(26)32)14(4-3-5-34-12-27-11-30)15-6-21-22(37-13-36-21)8-19(15)28-23/h6-8,11,33H,2-5,9-10,12-13H2,1H3,(H,27,30)/t26-/m0/s1. The van der Waals surface area contributed by atoms with Crippen molar-refractivity contribution in [2.45, 2.75) is 44.9 Å². The van der Waals surface area contributed by atoms with E-state index in [9.17, 15) is 19.5 Å². The number of esters is 1. The number of amides is 1. The van der Waals surface area contributed by atoms with Crippen molar-refractivity contribution in [1.29, 1.82) is 0 Å². The number of rotatable bonds is 8. The van der Waals surface area contributed by atoms with Gasteiger partial charge in [0.05, 0.1) is 29.0 Å². The molecule has 192 valence electrons. The molecule has 37 heavy (non-hydrogen) atoms. The molecule has 1 amide bonds. The average molecular weight is 507 g/mol. The highest BCUT2D eigenvalue weighted by atomic mass is 16.7. The number of pyridine rings is 2. The number of nitrogens with zero attached hydrogens (tertiary/aromatic N) is 2. The minimum absolute atomic E-state index is 0.0768. The van der Waals surface area contributed by atoms with Crippen LogP contribution < -0.4 is 20.3 Å². The van der Waals surface area contributed by atoms with Crippen molar-refractivity contribution in [3.05, 3.63) is 50.8 Å².